The van der Waals surface area contributed by atoms with E-state index in [-0.39, 0.29) is 0 Å². The first kappa shape index (κ1) is 14.1. The number of carboxylic acid groups (broad SMARTS) is 1. The molecule has 3 heteroatoms. The SMILES string of the molecule is Cc1cc(OCc2c(C)cccc2C)ccc1C(=O)O. The van der Waals surface area contributed by atoms with E-state index < -0.39 is 5.97 Å². The Bertz CT molecular complexity index is 624. The fourth-order valence-corrected chi connectivity index (χ4v) is 2.20. The van der Waals surface area contributed by atoms with E-state index in [9.17, 15) is 4.79 Å². The second-order valence-electron chi connectivity index (χ2n) is 4.94. The molecule has 0 bridgehead atoms. The Labute approximate surface area is 118 Å². The van der Waals surface area contributed by atoms with Crippen LogP contribution < -0.4 is 4.74 Å². The van der Waals surface area contributed by atoms with Crippen molar-refractivity contribution in [2.45, 2.75) is 27.4 Å². The fourth-order valence-electron chi connectivity index (χ4n) is 2.20. The summed E-state index contributed by atoms with van der Waals surface area (Å²) in [7, 11) is 0. The summed E-state index contributed by atoms with van der Waals surface area (Å²) < 4.78 is 5.78. The van der Waals surface area contributed by atoms with Crippen molar-refractivity contribution in [1.82, 2.24) is 0 Å². The van der Waals surface area contributed by atoms with Gasteiger partial charge in [-0.1, -0.05) is 18.2 Å². The smallest absolute Gasteiger partial charge is 0.335 e. The van der Waals surface area contributed by atoms with Crippen LogP contribution in [0.4, 0.5) is 0 Å². The van der Waals surface area contributed by atoms with Crippen LogP contribution in [0.1, 0.15) is 32.6 Å². The molecule has 2 rings (SSSR count). The van der Waals surface area contributed by atoms with Gasteiger partial charge in [0, 0.05) is 0 Å². The van der Waals surface area contributed by atoms with Crippen LogP contribution in [0, 0.1) is 20.8 Å². The van der Waals surface area contributed by atoms with Gasteiger partial charge in [-0.15, -0.1) is 0 Å². The zero-order valence-corrected chi connectivity index (χ0v) is 11.9. The Morgan fingerprint density at radius 1 is 1.05 bits per heavy atom. The van der Waals surface area contributed by atoms with E-state index in [4.69, 9.17) is 9.84 Å². The number of carboxylic acids is 1. The van der Waals surface area contributed by atoms with Crippen molar-refractivity contribution in [2.24, 2.45) is 0 Å². The Kier molecular flexibility index (Phi) is 4.08. The lowest BCUT2D eigenvalue weighted by atomic mass is 10.0. The first-order chi connectivity index (χ1) is 9.49. The van der Waals surface area contributed by atoms with Crippen molar-refractivity contribution in [2.75, 3.05) is 0 Å². The van der Waals surface area contributed by atoms with Crippen LogP contribution in [0.2, 0.25) is 0 Å². The van der Waals surface area contributed by atoms with Crippen molar-refractivity contribution in [1.29, 1.82) is 0 Å². The van der Waals surface area contributed by atoms with Gasteiger partial charge in [0.05, 0.1) is 5.56 Å². The summed E-state index contributed by atoms with van der Waals surface area (Å²) >= 11 is 0. The summed E-state index contributed by atoms with van der Waals surface area (Å²) in [5.41, 5.74) is 4.58. The first-order valence-electron chi connectivity index (χ1n) is 6.51. The number of aryl methyl sites for hydroxylation is 3. The second kappa shape index (κ2) is 5.78. The van der Waals surface area contributed by atoms with Crippen LogP contribution in [0.5, 0.6) is 5.75 Å². The van der Waals surface area contributed by atoms with Crippen LogP contribution >= 0.6 is 0 Å². The predicted octanol–water partition coefficient (Wildman–Crippen LogP) is 3.89. The van der Waals surface area contributed by atoms with E-state index in [2.05, 4.69) is 26.0 Å². The van der Waals surface area contributed by atoms with Crippen LogP contribution in [0.25, 0.3) is 0 Å². The lowest BCUT2D eigenvalue weighted by Gasteiger charge is -2.12. The predicted molar refractivity (Wildman–Crippen MR) is 78.4 cm³/mol. The van der Waals surface area contributed by atoms with Gasteiger partial charge in [-0.25, -0.2) is 4.79 Å². The number of rotatable bonds is 4. The molecule has 0 aliphatic heterocycles. The van der Waals surface area contributed by atoms with Crippen LogP contribution in [-0.4, -0.2) is 11.1 Å². The molecule has 1 N–H and O–H groups in total. The molecule has 0 amide bonds. The van der Waals surface area contributed by atoms with Gasteiger partial charge in [0.25, 0.3) is 0 Å². The highest BCUT2D eigenvalue weighted by molar-refractivity contribution is 5.89. The topological polar surface area (TPSA) is 46.5 Å². The minimum atomic E-state index is -0.913. The zero-order chi connectivity index (χ0) is 14.7. The zero-order valence-electron chi connectivity index (χ0n) is 11.9. The van der Waals surface area contributed by atoms with Gasteiger partial charge in [0.15, 0.2) is 0 Å². The molecule has 0 saturated heterocycles. The van der Waals surface area contributed by atoms with Gasteiger partial charge in [0.2, 0.25) is 0 Å². The maximum Gasteiger partial charge on any atom is 0.335 e. The molecule has 0 atom stereocenters. The van der Waals surface area contributed by atoms with E-state index in [1.165, 1.54) is 16.7 Å². The molecule has 3 nitrogen and oxygen atoms in total. The van der Waals surface area contributed by atoms with E-state index in [0.29, 0.717) is 23.5 Å². The molecule has 2 aromatic carbocycles. The molecule has 20 heavy (non-hydrogen) atoms. The first-order valence-corrected chi connectivity index (χ1v) is 6.51. The van der Waals surface area contributed by atoms with E-state index in [1.807, 2.05) is 6.07 Å². The van der Waals surface area contributed by atoms with E-state index >= 15 is 0 Å². The number of hydrogen-bond donors (Lipinski definition) is 1. The largest absolute Gasteiger partial charge is 0.489 e. The number of carbonyl (C=O) groups is 1. The number of ether oxygens (including phenoxy) is 1. The molecule has 0 spiro atoms. The molecule has 0 aromatic heterocycles. The van der Waals surface area contributed by atoms with Crippen LogP contribution in [-0.2, 0) is 6.61 Å². The standard InChI is InChI=1S/C17H18O3/c1-11-5-4-6-12(2)16(11)10-20-14-7-8-15(17(18)19)13(3)9-14/h4-9H,10H2,1-3H3,(H,18,19). The van der Waals surface area contributed by atoms with Crippen LogP contribution in [0.15, 0.2) is 36.4 Å². The van der Waals surface area contributed by atoms with Crippen molar-refractivity contribution in [3.05, 3.63) is 64.2 Å². The lowest BCUT2D eigenvalue weighted by molar-refractivity contribution is 0.0696. The highest BCUT2D eigenvalue weighted by Crippen LogP contribution is 2.20. The third kappa shape index (κ3) is 2.99. The summed E-state index contributed by atoms with van der Waals surface area (Å²) in [5, 5.41) is 9.00. The highest BCUT2D eigenvalue weighted by atomic mass is 16.5. The van der Waals surface area contributed by atoms with Gasteiger partial charge in [0.1, 0.15) is 12.4 Å². The number of aromatic carboxylic acids is 1. The van der Waals surface area contributed by atoms with Crippen molar-refractivity contribution >= 4 is 5.97 Å². The van der Waals surface area contributed by atoms with E-state index in [0.717, 1.165) is 0 Å². The molecular formula is C17H18O3. The summed E-state index contributed by atoms with van der Waals surface area (Å²) in [6, 6.07) is 11.2. The average Bonchev–Trinajstić information content (AvgIpc) is 2.37. The molecule has 0 fully saturated rings. The van der Waals surface area contributed by atoms with E-state index in [1.54, 1.807) is 25.1 Å². The molecule has 104 valence electrons. The minimum Gasteiger partial charge on any atom is -0.489 e. The van der Waals surface area contributed by atoms with Crippen molar-refractivity contribution in [3.63, 3.8) is 0 Å². The molecule has 0 aliphatic rings. The third-order valence-electron chi connectivity index (χ3n) is 3.46. The highest BCUT2D eigenvalue weighted by Gasteiger charge is 2.08. The summed E-state index contributed by atoms with van der Waals surface area (Å²) in [6.45, 7) is 6.38. The summed E-state index contributed by atoms with van der Waals surface area (Å²) in [4.78, 5) is 11.0. The Morgan fingerprint density at radius 3 is 2.25 bits per heavy atom. The van der Waals surface area contributed by atoms with Gasteiger partial charge in [-0.2, -0.15) is 0 Å². The van der Waals surface area contributed by atoms with Gasteiger partial charge in [-0.05, 0) is 61.2 Å². The molecule has 0 aliphatic carbocycles. The second-order valence-corrected chi connectivity index (χ2v) is 4.94. The molecule has 0 unspecified atom stereocenters. The van der Waals surface area contributed by atoms with Crippen molar-refractivity contribution < 1.29 is 14.6 Å². The number of hydrogen-bond acceptors (Lipinski definition) is 2. The van der Waals surface area contributed by atoms with Crippen LogP contribution in [0.3, 0.4) is 0 Å². The minimum absolute atomic E-state index is 0.310. The van der Waals surface area contributed by atoms with Crippen molar-refractivity contribution in [3.8, 4) is 5.75 Å². The molecule has 0 heterocycles. The average molecular weight is 270 g/mol. The summed E-state index contributed by atoms with van der Waals surface area (Å²) in [6.07, 6.45) is 0. The fraction of sp³-hybridized carbons (Fsp3) is 0.235. The quantitative estimate of drug-likeness (QED) is 0.916. The molecule has 0 radical (unpaired) electrons. The normalized spacial score (nSPS) is 10.3. The molecule has 0 saturated carbocycles. The molecule has 2 aromatic rings. The monoisotopic (exact) mass is 270 g/mol. The maximum atomic E-state index is 11.0. The molecular weight excluding hydrogens is 252 g/mol. The summed E-state index contributed by atoms with van der Waals surface area (Å²) in [5.74, 6) is -0.223. The lowest BCUT2D eigenvalue weighted by Crippen LogP contribution is -2.03. The Hall–Kier alpha value is -2.29. The Balaban J connectivity index is 2.16. The maximum absolute atomic E-state index is 11.0. The van der Waals surface area contributed by atoms with Gasteiger partial charge in [-0.3, -0.25) is 0 Å². The number of benzene rings is 2. The third-order valence-corrected chi connectivity index (χ3v) is 3.46. The Morgan fingerprint density at radius 2 is 1.70 bits per heavy atom. The van der Waals surface area contributed by atoms with Gasteiger partial charge >= 0.3 is 5.97 Å². The van der Waals surface area contributed by atoms with Gasteiger partial charge < -0.3 is 9.84 Å².